The van der Waals surface area contributed by atoms with Crippen LogP contribution in [0.1, 0.15) is 31.9 Å². The minimum atomic E-state index is 0.237. The van der Waals surface area contributed by atoms with Crippen molar-refractivity contribution in [1.82, 2.24) is 5.32 Å². The Kier molecular flexibility index (Phi) is 6.53. The number of aliphatic hydroxyl groups is 1. The number of aliphatic hydroxyl groups excluding tert-OH is 1. The zero-order valence-corrected chi connectivity index (χ0v) is 10.9. The minimum absolute atomic E-state index is 0.237. The molecule has 2 nitrogen and oxygen atoms in total. The molecule has 1 unspecified atom stereocenters. The number of rotatable bonds is 7. The van der Waals surface area contributed by atoms with Crippen LogP contribution in [0.2, 0.25) is 0 Å². The van der Waals surface area contributed by atoms with Crippen LogP contribution in [0.3, 0.4) is 0 Å². The summed E-state index contributed by atoms with van der Waals surface area (Å²) in [7, 11) is 0. The lowest BCUT2D eigenvalue weighted by molar-refractivity contribution is 0.322. The average Bonchev–Trinajstić information content (AvgIpc) is 2.34. The van der Waals surface area contributed by atoms with E-state index >= 15 is 0 Å². The maximum atomic E-state index is 8.74. The largest absolute Gasteiger partial charge is 0.396 e. The average molecular weight is 239 g/mol. The first-order valence-corrected chi connectivity index (χ1v) is 6.83. The highest BCUT2D eigenvalue weighted by Gasteiger charge is 2.03. The van der Waals surface area contributed by atoms with Gasteiger partial charge in [-0.05, 0) is 37.6 Å². The van der Waals surface area contributed by atoms with Crippen molar-refractivity contribution in [3.63, 3.8) is 0 Å². The van der Waals surface area contributed by atoms with Crippen LogP contribution in [0, 0.1) is 0 Å². The highest BCUT2D eigenvalue weighted by atomic mass is 32.2. The number of hydrogen-bond acceptors (Lipinski definition) is 3. The van der Waals surface area contributed by atoms with Gasteiger partial charge in [-0.1, -0.05) is 19.1 Å². The van der Waals surface area contributed by atoms with Gasteiger partial charge in [0.2, 0.25) is 0 Å². The Morgan fingerprint density at radius 3 is 2.56 bits per heavy atom. The lowest BCUT2D eigenvalue weighted by Crippen LogP contribution is -2.19. The molecule has 0 amide bonds. The van der Waals surface area contributed by atoms with E-state index in [9.17, 15) is 0 Å². The first-order chi connectivity index (χ1) is 7.77. The van der Waals surface area contributed by atoms with Gasteiger partial charge in [-0.2, -0.15) is 0 Å². The van der Waals surface area contributed by atoms with Crippen LogP contribution in [-0.4, -0.2) is 24.0 Å². The van der Waals surface area contributed by atoms with Gasteiger partial charge < -0.3 is 10.4 Å². The van der Waals surface area contributed by atoms with Crippen molar-refractivity contribution < 1.29 is 5.11 Å². The van der Waals surface area contributed by atoms with Crippen molar-refractivity contribution in [2.45, 2.75) is 31.2 Å². The molecule has 16 heavy (non-hydrogen) atoms. The molecule has 1 aromatic rings. The Morgan fingerprint density at radius 2 is 2.00 bits per heavy atom. The second kappa shape index (κ2) is 7.71. The Morgan fingerprint density at radius 1 is 1.31 bits per heavy atom. The molecule has 0 aliphatic carbocycles. The van der Waals surface area contributed by atoms with Crippen molar-refractivity contribution in [3.8, 4) is 0 Å². The topological polar surface area (TPSA) is 32.3 Å². The summed E-state index contributed by atoms with van der Waals surface area (Å²) >= 11 is 1.69. The van der Waals surface area contributed by atoms with Crippen LogP contribution in [0.5, 0.6) is 0 Å². The lowest BCUT2D eigenvalue weighted by Gasteiger charge is -2.13. The van der Waals surface area contributed by atoms with E-state index in [2.05, 4.69) is 43.4 Å². The van der Waals surface area contributed by atoms with Crippen LogP contribution in [0.25, 0.3) is 0 Å². The lowest BCUT2D eigenvalue weighted by atomic mass is 10.1. The van der Waals surface area contributed by atoms with Gasteiger partial charge in [-0.3, -0.25) is 0 Å². The molecular weight excluding hydrogens is 218 g/mol. The Labute approximate surface area is 102 Å². The van der Waals surface area contributed by atoms with Gasteiger partial charge in [0.1, 0.15) is 0 Å². The van der Waals surface area contributed by atoms with Gasteiger partial charge in [-0.25, -0.2) is 0 Å². The molecule has 0 radical (unpaired) electrons. The molecule has 0 aliphatic heterocycles. The van der Waals surface area contributed by atoms with E-state index in [4.69, 9.17) is 5.11 Å². The van der Waals surface area contributed by atoms with Crippen LogP contribution in [0.4, 0.5) is 0 Å². The van der Waals surface area contributed by atoms with Gasteiger partial charge in [-0.15, -0.1) is 11.8 Å². The number of thioether (sulfide) groups is 1. The zero-order valence-electron chi connectivity index (χ0n) is 10.1. The highest BCUT2D eigenvalue weighted by Crippen LogP contribution is 2.20. The second-order valence-electron chi connectivity index (χ2n) is 3.82. The molecule has 0 saturated heterocycles. The normalized spacial score (nSPS) is 12.7. The quantitative estimate of drug-likeness (QED) is 0.718. The molecule has 1 rings (SSSR count). The van der Waals surface area contributed by atoms with Crippen molar-refractivity contribution in [2.75, 3.05) is 18.9 Å². The third kappa shape index (κ3) is 4.56. The third-order valence-electron chi connectivity index (χ3n) is 2.44. The third-order valence-corrected chi connectivity index (χ3v) is 3.43. The summed E-state index contributed by atoms with van der Waals surface area (Å²) in [5, 5.41) is 12.2. The Balaban J connectivity index is 2.49. The van der Waals surface area contributed by atoms with Gasteiger partial charge in [0.15, 0.2) is 0 Å². The SMILES string of the molecule is CCCNC(C)c1ccc(SCCO)cc1. The number of benzene rings is 1. The van der Waals surface area contributed by atoms with E-state index in [1.807, 2.05) is 0 Å². The molecule has 0 spiro atoms. The molecular formula is C13H21NOS. The second-order valence-corrected chi connectivity index (χ2v) is 4.99. The summed E-state index contributed by atoms with van der Waals surface area (Å²) in [4.78, 5) is 1.22. The molecule has 90 valence electrons. The van der Waals surface area contributed by atoms with E-state index in [0.717, 1.165) is 18.7 Å². The summed E-state index contributed by atoms with van der Waals surface area (Å²) in [5.74, 6) is 0.767. The van der Waals surface area contributed by atoms with E-state index < -0.39 is 0 Å². The van der Waals surface area contributed by atoms with E-state index in [0.29, 0.717) is 6.04 Å². The summed E-state index contributed by atoms with van der Waals surface area (Å²) < 4.78 is 0. The molecule has 3 heteroatoms. The van der Waals surface area contributed by atoms with Crippen molar-refractivity contribution in [2.24, 2.45) is 0 Å². The van der Waals surface area contributed by atoms with Crippen molar-refractivity contribution >= 4 is 11.8 Å². The Hall–Kier alpha value is -0.510. The fourth-order valence-corrected chi connectivity index (χ4v) is 2.15. The van der Waals surface area contributed by atoms with Gasteiger partial charge in [0.25, 0.3) is 0 Å². The molecule has 0 aromatic heterocycles. The molecule has 1 atom stereocenters. The summed E-state index contributed by atoms with van der Waals surface area (Å²) in [6, 6.07) is 8.98. The molecule has 1 aromatic carbocycles. The standard InChI is InChI=1S/C13H21NOS/c1-3-8-14-11(2)12-4-6-13(7-5-12)16-10-9-15/h4-7,11,14-15H,3,8-10H2,1-2H3. The van der Waals surface area contributed by atoms with E-state index in [-0.39, 0.29) is 6.61 Å². The minimum Gasteiger partial charge on any atom is -0.396 e. The van der Waals surface area contributed by atoms with Crippen LogP contribution in [0.15, 0.2) is 29.2 Å². The maximum absolute atomic E-state index is 8.74. The van der Waals surface area contributed by atoms with Crippen molar-refractivity contribution in [3.05, 3.63) is 29.8 Å². The van der Waals surface area contributed by atoms with Gasteiger partial charge in [0, 0.05) is 16.7 Å². The molecule has 0 fully saturated rings. The smallest absolute Gasteiger partial charge is 0.0525 e. The fraction of sp³-hybridized carbons (Fsp3) is 0.538. The van der Waals surface area contributed by atoms with Crippen LogP contribution in [-0.2, 0) is 0 Å². The van der Waals surface area contributed by atoms with Crippen LogP contribution < -0.4 is 5.32 Å². The van der Waals surface area contributed by atoms with E-state index in [1.54, 1.807) is 11.8 Å². The predicted molar refractivity (Wildman–Crippen MR) is 71.0 cm³/mol. The maximum Gasteiger partial charge on any atom is 0.0525 e. The first-order valence-electron chi connectivity index (χ1n) is 5.85. The number of nitrogens with one attached hydrogen (secondary N) is 1. The Bertz CT molecular complexity index is 286. The predicted octanol–water partition coefficient (Wildman–Crippen LogP) is 2.83. The number of hydrogen-bond donors (Lipinski definition) is 2. The summed E-state index contributed by atoms with van der Waals surface area (Å²) in [5.41, 5.74) is 1.32. The summed E-state index contributed by atoms with van der Waals surface area (Å²) in [6.07, 6.45) is 1.16. The molecule has 0 saturated carbocycles. The fourth-order valence-electron chi connectivity index (χ4n) is 1.49. The van der Waals surface area contributed by atoms with Crippen molar-refractivity contribution in [1.29, 1.82) is 0 Å². The molecule has 0 aliphatic rings. The van der Waals surface area contributed by atoms with Gasteiger partial charge in [0.05, 0.1) is 6.61 Å². The van der Waals surface area contributed by atoms with E-state index in [1.165, 1.54) is 10.5 Å². The molecule has 0 bridgehead atoms. The monoisotopic (exact) mass is 239 g/mol. The highest BCUT2D eigenvalue weighted by molar-refractivity contribution is 7.99. The zero-order chi connectivity index (χ0) is 11.8. The summed E-state index contributed by atoms with van der Waals surface area (Å²) in [6.45, 7) is 5.66. The molecule has 0 heterocycles. The first kappa shape index (κ1) is 13.6. The van der Waals surface area contributed by atoms with Gasteiger partial charge >= 0.3 is 0 Å². The van der Waals surface area contributed by atoms with Crippen LogP contribution >= 0.6 is 11.8 Å². The molecule has 2 N–H and O–H groups in total.